The molecule has 4 aromatic rings. The van der Waals surface area contributed by atoms with Crippen molar-refractivity contribution in [1.29, 1.82) is 0 Å². The van der Waals surface area contributed by atoms with Crippen LogP contribution in [0.1, 0.15) is 43.8 Å². The average Bonchev–Trinajstić information content (AvgIpc) is 3.56. The number of halogens is 3. The maximum Gasteiger partial charge on any atom is 0.433 e. The van der Waals surface area contributed by atoms with E-state index in [2.05, 4.69) is 20.3 Å². The Morgan fingerprint density at radius 2 is 1.87 bits per heavy atom. The van der Waals surface area contributed by atoms with Crippen molar-refractivity contribution >= 4 is 40.3 Å². The molecular formula is C27H25F3N4O3S2. The summed E-state index contributed by atoms with van der Waals surface area (Å²) >= 11 is 2.84. The van der Waals surface area contributed by atoms with Gasteiger partial charge in [-0.25, -0.2) is 15.0 Å². The van der Waals surface area contributed by atoms with E-state index in [-0.39, 0.29) is 18.8 Å². The third-order valence-electron chi connectivity index (χ3n) is 6.97. The zero-order chi connectivity index (χ0) is 28.0. The van der Waals surface area contributed by atoms with Crippen LogP contribution in [0.3, 0.4) is 0 Å². The summed E-state index contributed by atoms with van der Waals surface area (Å²) in [4.78, 5) is 25.5. The molecule has 0 amide bonds. The fourth-order valence-electron chi connectivity index (χ4n) is 5.14. The number of alkyl halides is 3. The van der Waals surface area contributed by atoms with Crippen molar-refractivity contribution in [2.24, 2.45) is 11.3 Å². The smallest absolute Gasteiger partial charge is 0.433 e. The topological polar surface area (TPSA) is 108 Å². The molecule has 0 unspecified atom stereocenters. The Morgan fingerprint density at radius 3 is 2.51 bits per heavy atom. The lowest BCUT2D eigenvalue weighted by Crippen LogP contribution is -2.44. The second kappa shape index (κ2) is 10.00. The van der Waals surface area contributed by atoms with Gasteiger partial charge in [0.25, 0.3) is 0 Å². The number of rotatable bonds is 6. The molecule has 0 saturated heterocycles. The molecule has 1 aliphatic rings. The number of hydrogen-bond acceptors (Lipinski definition) is 8. The summed E-state index contributed by atoms with van der Waals surface area (Å²) < 4.78 is 39.5. The van der Waals surface area contributed by atoms with Crippen LogP contribution >= 0.6 is 22.7 Å². The summed E-state index contributed by atoms with van der Waals surface area (Å²) in [6, 6.07) is 10.2. The second-order valence-corrected chi connectivity index (χ2v) is 12.3. The van der Waals surface area contributed by atoms with E-state index in [9.17, 15) is 28.2 Å². The predicted octanol–water partition coefficient (Wildman–Crippen LogP) is 7.19. The van der Waals surface area contributed by atoms with Crippen LogP contribution in [0.15, 0.2) is 54.2 Å². The van der Waals surface area contributed by atoms with Crippen molar-refractivity contribution in [3.05, 3.63) is 64.9 Å². The molecule has 1 aromatic carbocycles. The van der Waals surface area contributed by atoms with E-state index in [0.29, 0.717) is 17.1 Å². The van der Waals surface area contributed by atoms with Crippen LogP contribution in [0, 0.1) is 11.3 Å². The van der Waals surface area contributed by atoms with Crippen molar-refractivity contribution < 1.29 is 28.2 Å². The summed E-state index contributed by atoms with van der Waals surface area (Å²) in [6.07, 6.45) is -0.993. The third-order valence-corrected chi connectivity index (χ3v) is 9.12. The molecule has 204 valence electrons. The highest BCUT2D eigenvalue weighted by atomic mass is 32.1. The zero-order valence-electron chi connectivity index (χ0n) is 21.0. The summed E-state index contributed by atoms with van der Waals surface area (Å²) in [6.45, 7) is 3.70. The van der Waals surface area contributed by atoms with E-state index < -0.39 is 34.8 Å². The molecule has 3 N–H and O–H groups in total. The Balaban J connectivity index is 1.49. The molecule has 5 rings (SSSR count). The van der Waals surface area contributed by atoms with Gasteiger partial charge in [-0.1, -0.05) is 19.9 Å². The number of benzene rings is 1. The normalized spacial score (nSPS) is 21.0. The molecule has 12 heteroatoms. The number of carboxylic acids is 1. The maximum atomic E-state index is 13.2. The first-order valence-corrected chi connectivity index (χ1v) is 13.8. The van der Waals surface area contributed by atoms with E-state index in [4.69, 9.17) is 0 Å². The van der Waals surface area contributed by atoms with Crippen molar-refractivity contribution in [1.82, 2.24) is 15.0 Å². The van der Waals surface area contributed by atoms with E-state index >= 15 is 0 Å². The first-order valence-electron chi connectivity index (χ1n) is 12.1. The summed E-state index contributed by atoms with van der Waals surface area (Å²) in [5.41, 5.74) is -0.833. The lowest BCUT2D eigenvalue weighted by Gasteiger charge is -2.44. The highest BCUT2D eigenvalue weighted by Crippen LogP contribution is 2.51. The molecular weight excluding hydrogens is 549 g/mol. The number of thiophene rings is 1. The first-order chi connectivity index (χ1) is 18.3. The van der Waals surface area contributed by atoms with Crippen molar-refractivity contribution in [2.75, 3.05) is 5.32 Å². The summed E-state index contributed by atoms with van der Waals surface area (Å²) in [5.74, 6) is -1.60. The number of hydrogen-bond donors (Lipinski definition) is 3. The van der Waals surface area contributed by atoms with Gasteiger partial charge in [0, 0.05) is 23.0 Å². The van der Waals surface area contributed by atoms with Crippen LogP contribution in [0.25, 0.3) is 20.9 Å². The molecule has 2 atom stereocenters. The Labute approximate surface area is 230 Å². The van der Waals surface area contributed by atoms with Gasteiger partial charge in [-0.05, 0) is 71.5 Å². The largest absolute Gasteiger partial charge is 0.481 e. The molecule has 39 heavy (non-hydrogen) atoms. The Morgan fingerprint density at radius 1 is 1.13 bits per heavy atom. The quantitative estimate of drug-likeness (QED) is 0.224. The molecule has 0 spiro atoms. The van der Waals surface area contributed by atoms with Crippen molar-refractivity contribution in [2.45, 2.75) is 44.9 Å². The molecule has 0 radical (unpaired) electrons. The molecule has 0 bridgehead atoms. The molecule has 0 aliphatic heterocycles. The van der Waals surface area contributed by atoms with Crippen LogP contribution < -0.4 is 5.32 Å². The van der Waals surface area contributed by atoms with Crippen LogP contribution in [0.4, 0.5) is 24.8 Å². The zero-order valence-corrected chi connectivity index (χ0v) is 22.6. The van der Waals surface area contributed by atoms with Gasteiger partial charge in [0.15, 0.2) is 0 Å². The molecule has 7 nitrogen and oxygen atoms in total. The van der Waals surface area contributed by atoms with Gasteiger partial charge in [-0.15, -0.1) is 22.7 Å². The SMILES string of the molecule is CC1(C)C[C@@](O)(c2ncc(-c3cc(Nc4nccc(C(F)(F)F)n4)cc(-c4cccs4)c3)s2)CC[C@H]1C(=O)O. The fourth-order valence-corrected chi connectivity index (χ4v) is 6.87. The number of nitrogens with zero attached hydrogens (tertiary/aromatic N) is 3. The molecule has 1 fully saturated rings. The highest BCUT2D eigenvalue weighted by molar-refractivity contribution is 7.15. The Bertz CT molecular complexity index is 1500. The van der Waals surface area contributed by atoms with Gasteiger partial charge in [-0.3, -0.25) is 4.79 Å². The number of nitrogens with one attached hydrogen (secondary N) is 1. The minimum Gasteiger partial charge on any atom is -0.481 e. The molecule has 1 aliphatic carbocycles. The highest BCUT2D eigenvalue weighted by Gasteiger charge is 2.49. The number of anilines is 2. The van der Waals surface area contributed by atoms with E-state index in [1.54, 1.807) is 12.3 Å². The Hall–Kier alpha value is -3.35. The van der Waals surface area contributed by atoms with Crippen LogP contribution in [0.5, 0.6) is 0 Å². The van der Waals surface area contributed by atoms with E-state index in [1.807, 2.05) is 43.5 Å². The first kappa shape index (κ1) is 27.2. The van der Waals surface area contributed by atoms with Crippen LogP contribution in [0.2, 0.25) is 0 Å². The minimum atomic E-state index is -4.60. The fraction of sp³-hybridized carbons (Fsp3) is 0.333. The van der Waals surface area contributed by atoms with Gasteiger partial charge in [-0.2, -0.15) is 13.2 Å². The molecule has 3 heterocycles. The second-order valence-electron chi connectivity index (χ2n) is 10.3. The maximum absolute atomic E-state index is 13.2. The van der Waals surface area contributed by atoms with Gasteiger partial charge in [0.1, 0.15) is 16.3 Å². The standard InChI is InChI=1S/C27H25F3N4O3S2/c1-25(2)14-26(37,7-5-18(25)22(35)36)23-32-13-20(39-23)16-10-15(19-4-3-9-38-19)11-17(12-16)33-24-31-8-6-21(34-24)27(28,29)30/h3-4,6,8-13,18,37H,5,7,14H2,1-2H3,(H,35,36)(H,31,33,34)/t18-,26+/m0/s1. The lowest BCUT2D eigenvalue weighted by atomic mass is 9.63. The number of aliphatic hydroxyl groups is 1. The summed E-state index contributed by atoms with van der Waals surface area (Å²) in [7, 11) is 0. The number of aromatic nitrogens is 3. The lowest BCUT2D eigenvalue weighted by molar-refractivity contribution is -0.154. The van der Waals surface area contributed by atoms with E-state index in [0.717, 1.165) is 33.1 Å². The van der Waals surface area contributed by atoms with Gasteiger partial charge in [0.2, 0.25) is 5.95 Å². The Kier molecular flexibility index (Phi) is 6.98. The number of carbonyl (C=O) groups is 1. The number of carboxylic acid groups (broad SMARTS) is 1. The third kappa shape index (κ3) is 5.68. The average molecular weight is 575 g/mol. The van der Waals surface area contributed by atoms with Crippen molar-refractivity contribution in [3.8, 4) is 20.9 Å². The number of thiazole rings is 1. The summed E-state index contributed by atoms with van der Waals surface area (Å²) in [5, 5.41) is 26.4. The molecule has 3 aromatic heterocycles. The molecule has 1 saturated carbocycles. The minimum absolute atomic E-state index is 0.184. The van der Waals surface area contributed by atoms with Gasteiger partial charge < -0.3 is 15.5 Å². The predicted molar refractivity (Wildman–Crippen MR) is 144 cm³/mol. The van der Waals surface area contributed by atoms with Crippen LogP contribution in [-0.2, 0) is 16.6 Å². The number of aliphatic carboxylic acids is 1. The monoisotopic (exact) mass is 574 g/mol. The van der Waals surface area contributed by atoms with Crippen molar-refractivity contribution in [3.63, 3.8) is 0 Å². The van der Waals surface area contributed by atoms with E-state index in [1.165, 1.54) is 22.7 Å². The van der Waals surface area contributed by atoms with Crippen LogP contribution in [-0.4, -0.2) is 31.1 Å². The van der Waals surface area contributed by atoms with Gasteiger partial charge >= 0.3 is 12.1 Å². The van der Waals surface area contributed by atoms with Gasteiger partial charge in [0.05, 0.1) is 10.8 Å².